The molecule has 0 aromatic carbocycles. The fourth-order valence-corrected chi connectivity index (χ4v) is 1.61. The summed E-state index contributed by atoms with van der Waals surface area (Å²) in [4.78, 5) is 24.8. The number of amides is 1. The van der Waals surface area contributed by atoms with Crippen LogP contribution in [0.3, 0.4) is 0 Å². The van der Waals surface area contributed by atoms with Crippen LogP contribution in [0, 0.1) is 0 Å². The Balaban J connectivity index is 2.72. The molecule has 0 radical (unpaired) electrons. The summed E-state index contributed by atoms with van der Waals surface area (Å²) in [6.45, 7) is 7.72. The van der Waals surface area contributed by atoms with Crippen molar-refractivity contribution in [3.63, 3.8) is 0 Å². The van der Waals surface area contributed by atoms with E-state index < -0.39 is 17.7 Å². The van der Waals surface area contributed by atoms with Crippen LogP contribution in [0.2, 0.25) is 0 Å². The van der Waals surface area contributed by atoms with Gasteiger partial charge in [-0.25, -0.2) is 4.79 Å². The lowest BCUT2D eigenvalue weighted by atomic mass is 10.2. The second kappa shape index (κ2) is 4.68. The molecule has 16 heavy (non-hydrogen) atoms. The summed E-state index contributed by atoms with van der Waals surface area (Å²) in [5.74, 6) is 0.0731. The van der Waals surface area contributed by atoms with E-state index in [0.717, 1.165) is 0 Å². The van der Waals surface area contributed by atoms with Crippen molar-refractivity contribution in [2.75, 3.05) is 6.54 Å². The normalized spacial score (nSPS) is 21.9. The average Bonchev–Trinajstić information content (AvgIpc) is 2.46. The van der Waals surface area contributed by atoms with Crippen molar-refractivity contribution in [1.82, 2.24) is 4.90 Å². The van der Waals surface area contributed by atoms with Crippen molar-refractivity contribution in [1.29, 1.82) is 0 Å². The Bertz CT molecular complexity index is 315. The van der Waals surface area contributed by atoms with Crippen LogP contribution in [0.15, 0.2) is 12.2 Å². The highest BCUT2D eigenvalue weighted by Crippen LogP contribution is 2.19. The van der Waals surface area contributed by atoms with Gasteiger partial charge in [-0.1, -0.05) is 12.2 Å². The molecule has 0 bridgehead atoms. The largest absolute Gasteiger partial charge is 0.444 e. The molecule has 1 unspecified atom stereocenters. The fraction of sp³-hybridized carbons (Fsp3) is 0.667. The van der Waals surface area contributed by atoms with E-state index in [1.54, 1.807) is 12.2 Å². The van der Waals surface area contributed by atoms with Gasteiger partial charge in [0.1, 0.15) is 11.6 Å². The summed E-state index contributed by atoms with van der Waals surface area (Å²) in [6.07, 6.45) is 3.51. The monoisotopic (exact) mass is 225 g/mol. The molecule has 0 aliphatic carbocycles. The molecule has 0 aromatic rings. The summed E-state index contributed by atoms with van der Waals surface area (Å²) < 4.78 is 5.25. The Hall–Kier alpha value is -1.32. The van der Waals surface area contributed by atoms with Gasteiger partial charge in [0.15, 0.2) is 5.78 Å². The summed E-state index contributed by atoms with van der Waals surface area (Å²) in [7, 11) is 0. The molecule has 1 aliphatic heterocycles. The maximum absolute atomic E-state index is 11.8. The minimum Gasteiger partial charge on any atom is -0.444 e. The highest BCUT2D eigenvalue weighted by atomic mass is 16.6. The molecule has 1 fully saturated rings. The van der Waals surface area contributed by atoms with Crippen molar-refractivity contribution in [3.8, 4) is 0 Å². The van der Waals surface area contributed by atoms with Gasteiger partial charge in [0.25, 0.3) is 0 Å². The van der Waals surface area contributed by atoms with Crippen molar-refractivity contribution in [2.24, 2.45) is 0 Å². The number of likely N-dealkylation sites (tertiary alicyclic amines) is 1. The molecule has 4 heteroatoms. The number of allylic oxidation sites excluding steroid dienone is 1. The number of carbonyl (C=O) groups excluding carboxylic acids is 2. The third-order valence-corrected chi connectivity index (χ3v) is 2.27. The quantitative estimate of drug-likeness (QED) is 0.642. The minimum absolute atomic E-state index is 0.0731. The van der Waals surface area contributed by atoms with Crippen molar-refractivity contribution >= 4 is 11.9 Å². The molecule has 0 aromatic heterocycles. The molecule has 1 rings (SSSR count). The van der Waals surface area contributed by atoms with Crippen LogP contribution in [0.4, 0.5) is 4.79 Å². The highest BCUT2D eigenvalue weighted by Gasteiger charge is 2.36. The molecule has 0 saturated carbocycles. The van der Waals surface area contributed by atoms with E-state index in [9.17, 15) is 9.59 Å². The first-order valence-corrected chi connectivity index (χ1v) is 5.50. The number of Topliss-reactive ketones (excluding diaryl/α,β-unsaturated/α-hetero) is 1. The maximum atomic E-state index is 11.8. The Morgan fingerprint density at radius 2 is 2.12 bits per heavy atom. The number of ketones is 1. The highest BCUT2D eigenvalue weighted by molar-refractivity contribution is 5.92. The fourth-order valence-electron chi connectivity index (χ4n) is 1.61. The third kappa shape index (κ3) is 3.08. The summed E-state index contributed by atoms with van der Waals surface area (Å²) in [5.41, 5.74) is -0.525. The van der Waals surface area contributed by atoms with Crippen LogP contribution >= 0.6 is 0 Å². The van der Waals surface area contributed by atoms with E-state index in [1.807, 2.05) is 27.7 Å². The van der Waals surface area contributed by atoms with Crippen LogP contribution in [0.5, 0.6) is 0 Å². The zero-order valence-electron chi connectivity index (χ0n) is 10.3. The lowest BCUT2D eigenvalue weighted by Crippen LogP contribution is -2.40. The lowest BCUT2D eigenvalue weighted by molar-refractivity contribution is -0.118. The second-order valence-corrected chi connectivity index (χ2v) is 4.86. The predicted octanol–water partition coefficient (Wildman–Crippen LogP) is 2.14. The van der Waals surface area contributed by atoms with Gasteiger partial charge >= 0.3 is 6.09 Å². The van der Waals surface area contributed by atoms with Gasteiger partial charge < -0.3 is 4.74 Å². The van der Waals surface area contributed by atoms with Gasteiger partial charge in [0.2, 0.25) is 0 Å². The third-order valence-electron chi connectivity index (χ3n) is 2.27. The minimum atomic E-state index is -0.525. The van der Waals surface area contributed by atoms with Crippen LogP contribution in [-0.2, 0) is 9.53 Å². The van der Waals surface area contributed by atoms with E-state index in [-0.39, 0.29) is 5.78 Å². The van der Waals surface area contributed by atoms with Crippen LogP contribution in [-0.4, -0.2) is 35.0 Å². The zero-order chi connectivity index (χ0) is 12.3. The SMILES string of the molecule is C/C=C\C1C(=O)CCN1C(=O)OC(C)(C)C. The molecule has 0 N–H and O–H groups in total. The van der Waals surface area contributed by atoms with E-state index in [2.05, 4.69) is 0 Å². The van der Waals surface area contributed by atoms with Crippen LogP contribution in [0.25, 0.3) is 0 Å². The summed E-state index contributed by atoms with van der Waals surface area (Å²) >= 11 is 0. The topological polar surface area (TPSA) is 46.6 Å². The number of carbonyl (C=O) groups is 2. The zero-order valence-corrected chi connectivity index (χ0v) is 10.3. The molecule has 1 saturated heterocycles. The molecular weight excluding hydrogens is 206 g/mol. The van der Waals surface area contributed by atoms with Gasteiger partial charge in [-0.05, 0) is 27.7 Å². The predicted molar refractivity (Wildman–Crippen MR) is 61.2 cm³/mol. The van der Waals surface area contributed by atoms with E-state index >= 15 is 0 Å². The number of ether oxygens (including phenoxy) is 1. The molecule has 1 atom stereocenters. The lowest BCUT2D eigenvalue weighted by Gasteiger charge is -2.26. The van der Waals surface area contributed by atoms with Gasteiger partial charge in [-0.2, -0.15) is 0 Å². The standard InChI is InChI=1S/C12H19NO3/c1-5-6-9-10(14)7-8-13(9)11(15)16-12(2,3)4/h5-6,9H,7-8H2,1-4H3/b6-5-. The Kier molecular flexibility index (Phi) is 3.73. The van der Waals surface area contributed by atoms with Gasteiger partial charge in [-0.3, -0.25) is 9.69 Å². The van der Waals surface area contributed by atoms with Crippen molar-refractivity contribution in [3.05, 3.63) is 12.2 Å². The number of rotatable bonds is 1. The first-order valence-electron chi connectivity index (χ1n) is 5.50. The van der Waals surface area contributed by atoms with Gasteiger partial charge in [-0.15, -0.1) is 0 Å². The smallest absolute Gasteiger partial charge is 0.411 e. The molecular formula is C12H19NO3. The average molecular weight is 225 g/mol. The molecule has 0 spiro atoms. The Labute approximate surface area is 96.3 Å². The van der Waals surface area contributed by atoms with E-state index in [0.29, 0.717) is 13.0 Å². The first-order chi connectivity index (χ1) is 7.35. The summed E-state index contributed by atoms with van der Waals surface area (Å²) in [6, 6.07) is -0.445. The molecule has 1 amide bonds. The van der Waals surface area contributed by atoms with Crippen LogP contribution < -0.4 is 0 Å². The number of nitrogens with zero attached hydrogens (tertiary/aromatic N) is 1. The first kappa shape index (κ1) is 12.7. The van der Waals surface area contributed by atoms with Crippen LogP contribution in [0.1, 0.15) is 34.1 Å². The molecule has 1 aliphatic rings. The molecule has 1 heterocycles. The maximum Gasteiger partial charge on any atom is 0.411 e. The molecule has 90 valence electrons. The van der Waals surface area contributed by atoms with Gasteiger partial charge in [0, 0.05) is 13.0 Å². The van der Waals surface area contributed by atoms with E-state index in [4.69, 9.17) is 4.74 Å². The van der Waals surface area contributed by atoms with E-state index in [1.165, 1.54) is 4.90 Å². The van der Waals surface area contributed by atoms with Crippen molar-refractivity contribution < 1.29 is 14.3 Å². The van der Waals surface area contributed by atoms with Crippen molar-refractivity contribution in [2.45, 2.75) is 45.8 Å². The van der Waals surface area contributed by atoms with Gasteiger partial charge in [0.05, 0.1) is 0 Å². The second-order valence-electron chi connectivity index (χ2n) is 4.86. The number of hydrogen-bond acceptors (Lipinski definition) is 3. The number of hydrogen-bond donors (Lipinski definition) is 0. The Morgan fingerprint density at radius 1 is 1.50 bits per heavy atom. The molecule has 4 nitrogen and oxygen atoms in total. The Morgan fingerprint density at radius 3 is 2.62 bits per heavy atom. The summed E-state index contributed by atoms with van der Waals surface area (Å²) in [5, 5.41) is 0.